The van der Waals surface area contributed by atoms with Crippen LogP contribution in [-0.2, 0) is 17.9 Å². The van der Waals surface area contributed by atoms with Crippen molar-refractivity contribution in [3.8, 4) is 11.1 Å². The van der Waals surface area contributed by atoms with Gasteiger partial charge in [0.2, 0.25) is 0 Å². The fraction of sp³-hybridized carbons (Fsp3) is 0.359. The summed E-state index contributed by atoms with van der Waals surface area (Å²) in [5, 5.41) is 31.9. The number of aromatic nitrogens is 4. The first-order valence-electron chi connectivity index (χ1n) is 17.9. The van der Waals surface area contributed by atoms with Gasteiger partial charge in [0.05, 0.1) is 34.5 Å². The van der Waals surface area contributed by atoms with Crippen LogP contribution in [0.25, 0.3) is 22.0 Å². The number of likely N-dealkylation sites (tertiary alicyclic amines) is 2. The van der Waals surface area contributed by atoms with Gasteiger partial charge in [-0.3, -0.25) is 29.1 Å². The molecule has 3 aromatic heterocycles. The molecule has 0 saturated carbocycles. The Morgan fingerprint density at radius 2 is 1.79 bits per heavy atom. The second-order valence-corrected chi connectivity index (χ2v) is 14.5. The van der Waals surface area contributed by atoms with Crippen molar-refractivity contribution in [1.29, 1.82) is 0 Å². The molecule has 0 spiro atoms. The highest BCUT2D eigenvalue weighted by Crippen LogP contribution is 2.39. The minimum Gasteiger partial charge on any atom is -0.481 e. The van der Waals surface area contributed by atoms with E-state index in [1.165, 1.54) is 0 Å². The number of amides is 1. The van der Waals surface area contributed by atoms with E-state index in [1.54, 1.807) is 12.3 Å². The molecule has 3 aliphatic heterocycles. The summed E-state index contributed by atoms with van der Waals surface area (Å²) in [6.07, 6.45) is 6.64. The Morgan fingerprint density at radius 1 is 0.962 bits per heavy atom. The number of benzene rings is 2. The number of carbonyl (C=O) groups is 2. The Hall–Kier alpha value is -4.88. The second-order valence-electron chi connectivity index (χ2n) is 14.1. The van der Waals surface area contributed by atoms with Crippen LogP contribution < -0.4 is 10.6 Å². The number of aliphatic carboxylic acids is 1. The van der Waals surface area contributed by atoms with Gasteiger partial charge < -0.3 is 20.8 Å². The summed E-state index contributed by atoms with van der Waals surface area (Å²) in [6.45, 7) is 6.26. The number of fused-ring (bicyclic) bond motifs is 2. The number of hydrogen-bond acceptors (Lipinski definition) is 9. The molecule has 2 fully saturated rings. The number of aliphatic hydroxyl groups excluding tert-OH is 1. The number of rotatable bonds is 9. The fourth-order valence-corrected chi connectivity index (χ4v) is 8.20. The average molecular weight is 721 g/mol. The van der Waals surface area contributed by atoms with Crippen LogP contribution in [0.2, 0.25) is 5.02 Å². The monoisotopic (exact) mass is 720 g/mol. The van der Waals surface area contributed by atoms with E-state index in [2.05, 4.69) is 36.6 Å². The van der Waals surface area contributed by atoms with Gasteiger partial charge in [0.15, 0.2) is 11.5 Å². The summed E-state index contributed by atoms with van der Waals surface area (Å²) >= 11 is 7.02. The van der Waals surface area contributed by atoms with Crippen LogP contribution in [0, 0.1) is 12.8 Å². The molecule has 52 heavy (non-hydrogen) atoms. The van der Waals surface area contributed by atoms with Crippen molar-refractivity contribution in [1.82, 2.24) is 29.5 Å². The quantitative estimate of drug-likeness (QED) is 0.138. The number of carboxylic acids is 1. The van der Waals surface area contributed by atoms with Crippen LogP contribution in [0.1, 0.15) is 59.0 Å². The zero-order chi connectivity index (χ0) is 35.9. The van der Waals surface area contributed by atoms with E-state index in [1.807, 2.05) is 60.3 Å². The predicted octanol–water partition coefficient (Wildman–Crippen LogP) is 6.26. The third-order valence-electron chi connectivity index (χ3n) is 10.7. The molecule has 0 radical (unpaired) electrons. The van der Waals surface area contributed by atoms with Crippen molar-refractivity contribution in [2.24, 2.45) is 5.92 Å². The Labute approximate surface area is 306 Å². The first kappa shape index (κ1) is 34.2. The molecule has 8 rings (SSSR count). The van der Waals surface area contributed by atoms with E-state index in [-0.39, 0.29) is 24.0 Å². The van der Waals surface area contributed by atoms with Gasteiger partial charge >= 0.3 is 5.97 Å². The van der Waals surface area contributed by atoms with Crippen LogP contribution in [-0.4, -0.2) is 83.9 Å². The standard InChI is InChI=1S/C39H41ClN8O4/c1-23-28(5-2-7-30(23)43-37-36-25(10-13-41-37)17-24(19-42-36)20-46-15-12-27(49)22-46)29-6-3-8-31(35(29)40)44-38(50)32-18-34-33(9-4-14-48(34)45-32)47-16-11-26(21-47)39(51)52/h2-3,5-8,10,13,17-19,26-27,33,49H,4,9,11-12,14-16,20-22H2,1H3,(H,41,43)(H,44,50)(H,51,52)/t26-,27-,33?/m1/s1. The zero-order valence-corrected chi connectivity index (χ0v) is 29.7. The van der Waals surface area contributed by atoms with E-state index >= 15 is 0 Å². The zero-order valence-electron chi connectivity index (χ0n) is 28.9. The van der Waals surface area contributed by atoms with Crippen LogP contribution >= 0.6 is 11.6 Å². The number of pyridine rings is 2. The Balaban J connectivity index is 1.00. The lowest BCUT2D eigenvalue weighted by molar-refractivity contribution is -0.141. The van der Waals surface area contributed by atoms with E-state index in [0.717, 1.165) is 83.4 Å². The normalized spacial score (nSPS) is 20.6. The molecule has 6 heterocycles. The summed E-state index contributed by atoms with van der Waals surface area (Å²) in [7, 11) is 0. The van der Waals surface area contributed by atoms with Gasteiger partial charge in [-0.25, -0.2) is 4.98 Å². The number of aryl methyl sites for hydroxylation is 1. The second kappa shape index (κ2) is 14.3. The van der Waals surface area contributed by atoms with E-state index in [9.17, 15) is 19.8 Å². The van der Waals surface area contributed by atoms with E-state index in [4.69, 9.17) is 16.6 Å². The molecule has 13 heteroatoms. The lowest BCUT2D eigenvalue weighted by Gasteiger charge is -2.31. The number of carbonyl (C=O) groups excluding carboxylic acids is 1. The number of nitrogens with zero attached hydrogens (tertiary/aromatic N) is 6. The van der Waals surface area contributed by atoms with Gasteiger partial charge in [-0.1, -0.05) is 35.9 Å². The first-order chi connectivity index (χ1) is 25.2. The molecule has 3 aliphatic rings. The largest absolute Gasteiger partial charge is 0.481 e. The van der Waals surface area contributed by atoms with Gasteiger partial charge in [-0.15, -0.1) is 0 Å². The maximum absolute atomic E-state index is 13.6. The predicted molar refractivity (Wildman–Crippen MR) is 200 cm³/mol. The van der Waals surface area contributed by atoms with Crippen molar-refractivity contribution in [3.05, 3.63) is 94.5 Å². The molecule has 3 atom stereocenters. The highest BCUT2D eigenvalue weighted by Gasteiger charge is 2.36. The van der Waals surface area contributed by atoms with Crippen molar-refractivity contribution in [2.75, 3.05) is 36.8 Å². The molecule has 268 valence electrons. The summed E-state index contributed by atoms with van der Waals surface area (Å²) in [4.78, 5) is 39.0. The maximum Gasteiger partial charge on any atom is 0.307 e. The fourth-order valence-electron chi connectivity index (χ4n) is 7.92. The minimum absolute atomic E-state index is 0.0379. The van der Waals surface area contributed by atoms with Gasteiger partial charge in [0.1, 0.15) is 5.52 Å². The molecule has 1 amide bonds. The van der Waals surface area contributed by atoms with Gasteiger partial charge in [0.25, 0.3) is 5.91 Å². The summed E-state index contributed by atoms with van der Waals surface area (Å²) < 4.78 is 1.89. The summed E-state index contributed by atoms with van der Waals surface area (Å²) in [5.74, 6) is -0.830. The number of hydrogen-bond donors (Lipinski definition) is 4. The lowest BCUT2D eigenvalue weighted by atomic mass is 9.98. The van der Waals surface area contributed by atoms with Crippen LogP contribution in [0.4, 0.5) is 17.2 Å². The Morgan fingerprint density at radius 3 is 2.58 bits per heavy atom. The van der Waals surface area contributed by atoms with E-state index in [0.29, 0.717) is 48.3 Å². The van der Waals surface area contributed by atoms with Crippen molar-refractivity contribution in [3.63, 3.8) is 0 Å². The van der Waals surface area contributed by atoms with Gasteiger partial charge in [-0.05, 0) is 86.2 Å². The number of halogens is 1. The first-order valence-corrected chi connectivity index (χ1v) is 18.2. The molecule has 0 bridgehead atoms. The summed E-state index contributed by atoms with van der Waals surface area (Å²) in [5.41, 5.74) is 7.06. The number of carboxylic acid groups (broad SMARTS) is 1. The van der Waals surface area contributed by atoms with Crippen molar-refractivity contribution < 1.29 is 19.8 Å². The molecule has 12 nitrogen and oxygen atoms in total. The molecule has 5 aromatic rings. The Bertz CT molecular complexity index is 2170. The molecular formula is C39H41ClN8O4. The molecule has 2 aromatic carbocycles. The van der Waals surface area contributed by atoms with Crippen LogP contribution in [0.5, 0.6) is 0 Å². The number of anilines is 3. The van der Waals surface area contributed by atoms with Crippen LogP contribution in [0.15, 0.2) is 67.0 Å². The molecule has 0 aliphatic carbocycles. The third-order valence-corrected chi connectivity index (χ3v) is 11.1. The SMILES string of the molecule is Cc1c(Nc2nccc3cc(CN4CC[C@@H](O)C4)cnc23)cccc1-c1cccc(NC(=O)c2cc3n(n2)CCCC3N2CC[C@@H](C(=O)O)C2)c1Cl. The summed E-state index contributed by atoms with van der Waals surface area (Å²) in [6, 6.07) is 17.5. The van der Waals surface area contributed by atoms with E-state index < -0.39 is 5.97 Å². The average Bonchev–Trinajstić information content (AvgIpc) is 3.90. The topological polar surface area (TPSA) is 149 Å². The lowest BCUT2D eigenvalue weighted by Crippen LogP contribution is -2.32. The number of β-amino-alcohol motifs (C(OH)–C–C–N with tert-alkyl or cyclic N) is 1. The van der Waals surface area contributed by atoms with Crippen molar-refractivity contribution in [2.45, 2.75) is 57.8 Å². The highest BCUT2D eigenvalue weighted by molar-refractivity contribution is 6.36. The van der Waals surface area contributed by atoms with Crippen LogP contribution in [0.3, 0.4) is 0 Å². The number of nitrogens with one attached hydrogen (secondary N) is 2. The smallest absolute Gasteiger partial charge is 0.307 e. The third kappa shape index (κ3) is 6.74. The highest BCUT2D eigenvalue weighted by atomic mass is 35.5. The molecule has 1 unspecified atom stereocenters. The number of aliphatic hydroxyl groups is 1. The molecular weight excluding hydrogens is 680 g/mol. The van der Waals surface area contributed by atoms with Gasteiger partial charge in [-0.2, -0.15) is 5.10 Å². The van der Waals surface area contributed by atoms with Gasteiger partial charge in [0, 0.05) is 61.8 Å². The maximum atomic E-state index is 13.6. The minimum atomic E-state index is -0.756. The molecule has 2 saturated heterocycles. The molecule has 4 N–H and O–H groups in total. The Kier molecular flexibility index (Phi) is 9.39. The van der Waals surface area contributed by atoms with Crippen molar-refractivity contribution >= 4 is 51.6 Å².